The van der Waals surface area contributed by atoms with E-state index in [0.29, 0.717) is 12.5 Å². The molecule has 1 heterocycles. The molecule has 168 valence electrons. The number of carbonyl (C=O) groups is 3. The van der Waals surface area contributed by atoms with Gasteiger partial charge < -0.3 is 21.1 Å². The average Bonchev–Trinajstić information content (AvgIpc) is 2.94. The zero-order chi connectivity index (χ0) is 23.3. The van der Waals surface area contributed by atoms with Crippen molar-refractivity contribution in [3.8, 4) is 0 Å². The van der Waals surface area contributed by atoms with Crippen molar-refractivity contribution in [1.29, 1.82) is 0 Å². The first-order chi connectivity index (χ1) is 15.2. The van der Waals surface area contributed by atoms with Crippen LogP contribution in [0.4, 0.5) is 8.78 Å². The van der Waals surface area contributed by atoms with Gasteiger partial charge in [0.1, 0.15) is 23.7 Å². The summed E-state index contributed by atoms with van der Waals surface area (Å²) < 4.78 is 26.6. The minimum atomic E-state index is -1.87. The molecular formula is C23H23F2N3O4. The molecule has 3 rings (SSSR count). The predicted molar refractivity (Wildman–Crippen MR) is 112 cm³/mol. The summed E-state index contributed by atoms with van der Waals surface area (Å²) in [4.78, 5) is 37.3. The van der Waals surface area contributed by atoms with Gasteiger partial charge in [0.25, 0.3) is 5.91 Å². The highest BCUT2D eigenvalue weighted by Crippen LogP contribution is 2.20. The van der Waals surface area contributed by atoms with Gasteiger partial charge in [-0.1, -0.05) is 42.5 Å². The first-order valence-electron chi connectivity index (χ1n) is 10.0. The van der Waals surface area contributed by atoms with Crippen LogP contribution < -0.4 is 16.0 Å². The standard InChI is InChI=1S/C23H23F2N3O4/c1-13(26-23(32)20(29)15-10-16(24)12-17(25)11-15)21(30)28-19-9-5-8-18(27-22(19)31)14-6-3-2-4-7-14/h2-7,9-13,18-20,29H,8H2,1H3,(H,26,32)(H,27,31)(H,28,30)/t13-,18+,19-,20-/m0/s1. The van der Waals surface area contributed by atoms with Crippen molar-refractivity contribution in [2.75, 3.05) is 0 Å². The molecule has 9 heteroatoms. The fraction of sp³-hybridized carbons (Fsp3) is 0.261. The van der Waals surface area contributed by atoms with Crippen LogP contribution >= 0.6 is 0 Å². The van der Waals surface area contributed by atoms with E-state index in [1.54, 1.807) is 12.2 Å². The SMILES string of the molecule is C[C@H](NC(=O)[C@@H](O)c1cc(F)cc(F)c1)C(=O)N[C@H]1C=CC[C@H](c2ccccc2)NC1=O. The van der Waals surface area contributed by atoms with Crippen LogP contribution in [0.25, 0.3) is 0 Å². The summed E-state index contributed by atoms with van der Waals surface area (Å²) in [5.74, 6) is -3.98. The largest absolute Gasteiger partial charge is 0.378 e. The molecule has 32 heavy (non-hydrogen) atoms. The number of hydrogen-bond donors (Lipinski definition) is 4. The maximum absolute atomic E-state index is 13.3. The minimum Gasteiger partial charge on any atom is -0.378 e. The van der Waals surface area contributed by atoms with Gasteiger partial charge in [0, 0.05) is 6.07 Å². The first kappa shape index (κ1) is 23.1. The Kier molecular flexibility index (Phi) is 7.32. The maximum atomic E-state index is 13.3. The smallest absolute Gasteiger partial charge is 0.254 e. The van der Waals surface area contributed by atoms with Gasteiger partial charge in [0.05, 0.1) is 6.04 Å². The topological polar surface area (TPSA) is 108 Å². The summed E-state index contributed by atoms with van der Waals surface area (Å²) in [6.07, 6.45) is 2.02. The predicted octanol–water partition coefficient (Wildman–Crippen LogP) is 1.81. The van der Waals surface area contributed by atoms with E-state index in [4.69, 9.17) is 0 Å². The monoisotopic (exact) mass is 443 g/mol. The molecule has 1 aliphatic rings. The number of aliphatic hydroxyl groups is 1. The van der Waals surface area contributed by atoms with Gasteiger partial charge >= 0.3 is 0 Å². The van der Waals surface area contributed by atoms with Crippen LogP contribution in [0.3, 0.4) is 0 Å². The Hall–Kier alpha value is -3.59. The summed E-state index contributed by atoms with van der Waals surface area (Å²) in [7, 11) is 0. The van der Waals surface area contributed by atoms with Gasteiger partial charge in [-0.3, -0.25) is 14.4 Å². The van der Waals surface area contributed by atoms with Gasteiger partial charge in [-0.2, -0.15) is 0 Å². The number of nitrogens with one attached hydrogen (secondary N) is 3. The lowest BCUT2D eigenvalue weighted by atomic mass is 10.0. The third kappa shape index (κ3) is 5.76. The molecule has 4 N–H and O–H groups in total. The highest BCUT2D eigenvalue weighted by atomic mass is 19.1. The second-order valence-corrected chi connectivity index (χ2v) is 7.46. The second kappa shape index (κ2) is 10.1. The lowest BCUT2D eigenvalue weighted by Gasteiger charge is -2.21. The molecule has 0 fully saturated rings. The molecule has 0 spiro atoms. The molecule has 2 aromatic rings. The Labute approximate surface area is 183 Å². The van der Waals surface area contributed by atoms with Crippen LogP contribution in [0.2, 0.25) is 0 Å². The third-order valence-corrected chi connectivity index (χ3v) is 5.00. The van der Waals surface area contributed by atoms with Crippen molar-refractivity contribution in [3.63, 3.8) is 0 Å². The zero-order valence-electron chi connectivity index (χ0n) is 17.2. The Morgan fingerprint density at radius 2 is 1.75 bits per heavy atom. The number of hydrogen-bond acceptors (Lipinski definition) is 4. The number of aliphatic hydroxyl groups excluding tert-OH is 1. The lowest BCUT2D eigenvalue weighted by molar-refractivity contribution is -0.134. The Morgan fingerprint density at radius 1 is 1.09 bits per heavy atom. The van der Waals surface area contributed by atoms with E-state index in [2.05, 4.69) is 16.0 Å². The fourth-order valence-corrected chi connectivity index (χ4v) is 3.30. The van der Waals surface area contributed by atoms with E-state index >= 15 is 0 Å². The molecule has 0 radical (unpaired) electrons. The number of rotatable bonds is 6. The van der Waals surface area contributed by atoms with Crippen LogP contribution in [-0.2, 0) is 14.4 Å². The lowest BCUT2D eigenvalue weighted by Crippen LogP contribution is -2.52. The number of benzene rings is 2. The van der Waals surface area contributed by atoms with Crippen LogP contribution in [0.15, 0.2) is 60.7 Å². The van der Waals surface area contributed by atoms with Crippen molar-refractivity contribution in [2.45, 2.75) is 37.6 Å². The Bertz CT molecular complexity index is 1010. The van der Waals surface area contributed by atoms with E-state index < -0.39 is 47.5 Å². The molecule has 7 nitrogen and oxygen atoms in total. The van der Waals surface area contributed by atoms with E-state index in [1.165, 1.54) is 6.92 Å². The molecule has 2 aromatic carbocycles. The summed E-state index contributed by atoms with van der Waals surface area (Å²) in [5.41, 5.74) is 0.645. The van der Waals surface area contributed by atoms with Gasteiger partial charge in [0.15, 0.2) is 6.10 Å². The van der Waals surface area contributed by atoms with Crippen LogP contribution in [0, 0.1) is 11.6 Å². The number of carbonyl (C=O) groups excluding carboxylic acids is 3. The van der Waals surface area contributed by atoms with E-state index in [0.717, 1.165) is 17.7 Å². The van der Waals surface area contributed by atoms with Crippen molar-refractivity contribution in [3.05, 3.63) is 83.4 Å². The van der Waals surface area contributed by atoms with Crippen molar-refractivity contribution < 1.29 is 28.3 Å². The molecule has 1 aliphatic heterocycles. The second-order valence-electron chi connectivity index (χ2n) is 7.46. The minimum absolute atomic E-state index is 0.235. The molecule has 0 aliphatic carbocycles. The van der Waals surface area contributed by atoms with E-state index in [1.807, 2.05) is 30.3 Å². The Balaban J connectivity index is 1.58. The maximum Gasteiger partial charge on any atom is 0.254 e. The third-order valence-electron chi connectivity index (χ3n) is 5.00. The molecule has 3 amide bonds. The summed E-state index contributed by atoms with van der Waals surface area (Å²) in [6, 6.07) is 9.35. The molecule has 0 saturated carbocycles. The highest BCUT2D eigenvalue weighted by Gasteiger charge is 2.28. The van der Waals surface area contributed by atoms with Crippen molar-refractivity contribution in [2.24, 2.45) is 0 Å². The summed E-state index contributed by atoms with van der Waals surface area (Å²) >= 11 is 0. The van der Waals surface area contributed by atoms with Gasteiger partial charge in [0.2, 0.25) is 11.8 Å². The highest BCUT2D eigenvalue weighted by molar-refractivity contribution is 5.93. The number of halogens is 2. The van der Waals surface area contributed by atoms with E-state index in [9.17, 15) is 28.3 Å². The van der Waals surface area contributed by atoms with Crippen molar-refractivity contribution in [1.82, 2.24) is 16.0 Å². The molecule has 0 unspecified atom stereocenters. The van der Waals surface area contributed by atoms with Crippen LogP contribution in [0.1, 0.15) is 36.6 Å². The normalized spacial score (nSPS) is 19.9. The van der Waals surface area contributed by atoms with Crippen molar-refractivity contribution >= 4 is 17.7 Å². The molecule has 4 atom stereocenters. The molecule has 0 bridgehead atoms. The summed E-state index contributed by atoms with van der Waals surface area (Å²) in [6.45, 7) is 1.36. The fourth-order valence-electron chi connectivity index (χ4n) is 3.30. The quantitative estimate of drug-likeness (QED) is 0.511. The van der Waals surface area contributed by atoms with Gasteiger partial charge in [-0.15, -0.1) is 0 Å². The Morgan fingerprint density at radius 3 is 2.41 bits per heavy atom. The van der Waals surface area contributed by atoms with Gasteiger partial charge in [-0.25, -0.2) is 8.78 Å². The molecule has 0 saturated heterocycles. The van der Waals surface area contributed by atoms with Gasteiger partial charge in [-0.05, 0) is 36.6 Å². The van der Waals surface area contributed by atoms with Crippen LogP contribution in [-0.4, -0.2) is 34.9 Å². The van der Waals surface area contributed by atoms with Crippen LogP contribution in [0.5, 0.6) is 0 Å². The summed E-state index contributed by atoms with van der Waals surface area (Å²) in [5, 5.41) is 17.7. The number of amides is 3. The first-order valence-corrected chi connectivity index (χ1v) is 10.0. The van der Waals surface area contributed by atoms with E-state index in [-0.39, 0.29) is 11.6 Å². The molecule has 0 aromatic heterocycles. The zero-order valence-corrected chi connectivity index (χ0v) is 17.2. The molecular weight excluding hydrogens is 420 g/mol. The average molecular weight is 443 g/mol.